The van der Waals surface area contributed by atoms with Crippen LogP contribution in [0, 0.1) is 0 Å². The molecule has 1 N–H and O–H groups in total. The first-order chi connectivity index (χ1) is 9.11. The van der Waals surface area contributed by atoms with Crippen LogP contribution in [0.3, 0.4) is 0 Å². The number of benzene rings is 2. The summed E-state index contributed by atoms with van der Waals surface area (Å²) < 4.78 is 0.0270. The highest BCUT2D eigenvalue weighted by molar-refractivity contribution is 14.1. The maximum atomic E-state index is 11.4. The van der Waals surface area contributed by atoms with E-state index in [1.165, 1.54) is 0 Å². The second kappa shape index (κ2) is 5.97. The largest absolute Gasteiger partial charge is 0.355 e. The van der Waals surface area contributed by atoms with Crippen LogP contribution in [0.1, 0.15) is 20.7 Å². The zero-order chi connectivity index (χ0) is 13.8. The van der Waals surface area contributed by atoms with Gasteiger partial charge < -0.3 is 5.32 Å². The number of hydrogen-bond donors (Lipinski definition) is 1. The number of halogens is 1. The first-order valence-electron chi connectivity index (χ1n) is 5.74. The highest BCUT2D eigenvalue weighted by atomic mass is 127. The van der Waals surface area contributed by atoms with Gasteiger partial charge in [0.1, 0.15) is 0 Å². The van der Waals surface area contributed by atoms with Crippen LogP contribution >= 0.6 is 22.6 Å². The van der Waals surface area contributed by atoms with Crippen LogP contribution in [0.4, 0.5) is 0 Å². The van der Waals surface area contributed by atoms with Crippen molar-refractivity contribution in [3.8, 4) is 11.1 Å². The van der Waals surface area contributed by atoms with E-state index < -0.39 is 0 Å². The van der Waals surface area contributed by atoms with Crippen molar-refractivity contribution in [1.82, 2.24) is 5.32 Å². The lowest BCUT2D eigenvalue weighted by Gasteiger charge is -2.04. The molecule has 0 aliphatic heterocycles. The first kappa shape index (κ1) is 13.7. The average molecular weight is 365 g/mol. The molecular formula is C15H12INO2. The van der Waals surface area contributed by atoms with Crippen LogP contribution in [0.2, 0.25) is 0 Å². The molecule has 2 rings (SSSR count). The van der Waals surface area contributed by atoms with Gasteiger partial charge in [-0.3, -0.25) is 9.59 Å². The lowest BCUT2D eigenvalue weighted by molar-refractivity contribution is 0.0962. The molecule has 0 aliphatic rings. The Hall–Kier alpha value is -1.69. The van der Waals surface area contributed by atoms with Crippen molar-refractivity contribution in [1.29, 1.82) is 0 Å². The van der Waals surface area contributed by atoms with Gasteiger partial charge in [-0.05, 0) is 35.4 Å². The summed E-state index contributed by atoms with van der Waals surface area (Å²) in [6.45, 7) is 0. The summed E-state index contributed by atoms with van der Waals surface area (Å²) in [4.78, 5) is 22.6. The summed E-state index contributed by atoms with van der Waals surface area (Å²) in [7, 11) is 1.61. The minimum Gasteiger partial charge on any atom is -0.355 e. The summed E-state index contributed by atoms with van der Waals surface area (Å²) in [6.07, 6.45) is 0. The van der Waals surface area contributed by atoms with Gasteiger partial charge >= 0.3 is 0 Å². The van der Waals surface area contributed by atoms with E-state index in [0.29, 0.717) is 11.1 Å². The predicted octanol–water partition coefficient (Wildman–Crippen LogP) is 3.29. The molecule has 0 radical (unpaired) electrons. The first-order valence-corrected chi connectivity index (χ1v) is 6.82. The SMILES string of the molecule is CNC(=O)c1ccc(-c2ccc(C(=O)I)cc2)cc1. The Morgan fingerprint density at radius 1 is 0.842 bits per heavy atom. The summed E-state index contributed by atoms with van der Waals surface area (Å²) >= 11 is 1.77. The van der Waals surface area contributed by atoms with Gasteiger partial charge in [-0.2, -0.15) is 0 Å². The average Bonchev–Trinajstić information content (AvgIpc) is 2.46. The van der Waals surface area contributed by atoms with Gasteiger partial charge in [0.25, 0.3) is 5.91 Å². The molecule has 0 aliphatic carbocycles. The van der Waals surface area contributed by atoms with Crippen LogP contribution in [0.15, 0.2) is 48.5 Å². The third-order valence-corrected chi connectivity index (χ3v) is 3.44. The lowest BCUT2D eigenvalue weighted by atomic mass is 10.0. The molecule has 1 amide bonds. The van der Waals surface area contributed by atoms with Crippen molar-refractivity contribution in [3.63, 3.8) is 0 Å². The molecule has 19 heavy (non-hydrogen) atoms. The zero-order valence-corrected chi connectivity index (χ0v) is 12.5. The summed E-state index contributed by atoms with van der Waals surface area (Å²) in [6, 6.07) is 14.8. The summed E-state index contributed by atoms with van der Waals surface area (Å²) in [5.41, 5.74) is 3.35. The monoisotopic (exact) mass is 365 g/mol. The molecule has 3 nitrogen and oxygen atoms in total. The van der Waals surface area contributed by atoms with Crippen molar-refractivity contribution in [2.24, 2.45) is 0 Å². The Balaban J connectivity index is 2.27. The molecule has 0 spiro atoms. The molecular weight excluding hydrogens is 353 g/mol. The van der Waals surface area contributed by atoms with Crippen LogP contribution in [-0.2, 0) is 0 Å². The number of nitrogens with one attached hydrogen (secondary N) is 1. The van der Waals surface area contributed by atoms with Gasteiger partial charge in [-0.1, -0.05) is 24.3 Å². The van der Waals surface area contributed by atoms with Crippen LogP contribution < -0.4 is 5.32 Å². The van der Waals surface area contributed by atoms with E-state index in [4.69, 9.17) is 0 Å². The van der Waals surface area contributed by atoms with Crippen molar-refractivity contribution in [2.75, 3.05) is 7.05 Å². The van der Waals surface area contributed by atoms with E-state index in [2.05, 4.69) is 5.32 Å². The van der Waals surface area contributed by atoms with E-state index in [9.17, 15) is 9.59 Å². The van der Waals surface area contributed by atoms with Crippen molar-refractivity contribution < 1.29 is 9.59 Å². The van der Waals surface area contributed by atoms with Gasteiger partial charge in [0.05, 0.1) is 0 Å². The van der Waals surface area contributed by atoms with Gasteiger partial charge in [0.15, 0.2) is 0 Å². The third kappa shape index (κ3) is 3.20. The molecule has 2 aromatic rings. The number of carbonyl (C=O) groups excluding carboxylic acids is 2. The van der Waals surface area contributed by atoms with Crippen molar-refractivity contribution in [2.45, 2.75) is 0 Å². The fourth-order valence-corrected chi connectivity index (χ4v) is 2.11. The zero-order valence-electron chi connectivity index (χ0n) is 10.3. The molecule has 96 valence electrons. The second-order valence-corrected chi connectivity index (χ2v) is 4.99. The Labute approximate surface area is 125 Å². The minimum atomic E-state index is -0.0996. The molecule has 0 fully saturated rings. The maximum absolute atomic E-state index is 11.4. The van der Waals surface area contributed by atoms with Crippen molar-refractivity contribution in [3.05, 3.63) is 59.7 Å². The highest BCUT2D eigenvalue weighted by Crippen LogP contribution is 2.21. The fraction of sp³-hybridized carbons (Fsp3) is 0.0667. The number of carbonyl (C=O) groups is 2. The predicted molar refractivity (Wildman–Crippen MR) is 83.6 cm³/mol. The van der Waals surface area contributed by atoms with Crippen LogP contribution in [0.25, 0.3) is 11.1 Å². The summed E-state index contributed by atoms with van der Waals surface area (Å²) in [5, 5.41) is 2.58. The van der Waals surface area contributed by atoms with E-state index in [0.717, 1.165) is 11.1 Å². The van der Waals surface area contributed by atoms with E-state index in [-0.39, 0.29) is 9.70 Å². The standard InChI is InChI=1S/C15H12INO2/c1-17-15(19)13-8-4-11(5-9-13)10-2-6-12(7-3-10)14(16)18/h2-9H,1H3,(H,17,19). The highest BCUT2D eigenvalue weighted by Gasteiger charge is 2.04. The smallest absolute Gasteiger partial charge is 0.251 e. The maximum Gasteiger partial charge on any atom is 0.251 e. The molecule has 4 heteroatoms. The van der Waals surface area contributed by atoms with E-state index >= 15 is 0 Å². The fourth-order valence-electron chi connectivity index (χ4n) is 1.75. The Bertz CT molecular complexity index is 603. The van der Waals surface area contributed by atoms with Gasteiger partial charge in [-0.25, -0.2) is 0 Å². The molecule has 0 atom stereocenters. The Morgan fingerprint density at radius 2 is 1.26 bits per heavy atom. The summed E-state index contributed by atoms with van der Waals surface area (Å²) in [5.74, 6) is -0.0996. The molecule has 0 saturated carbocycles. The molecule has 0 heterocycles. The second-order valence-electron chi connectivity index (χ2n) is 4.01. The van der Waals surface area contributed by atoms with Crippen LogP contribution in [0.5, 0.6) is 0 Å². The van der Waals surface area contributed by atoms with Crippen molar-refractivity contribution >= 4 is 32.3 Å². The molecule has 2 aromatic carbocycles. The minimum absolute atomic E-state index is 0.0270. The Morgan fingerprint density at radius 3 is 1.63 bits per heavy atom. The van der Waals surface area contributed by atoms with Gasteiger partial charge in [0, 0.05) is 40.8 Å². The quantitative estimate of drug-likeness (QED) is 0.670. The van der Waals surface area contributed by atoms with Gasteiger partial charge in [0.2, 0.25) is 3.79 Å². The van der Waals surface area contributed by atoms with Crippen LogP contribution in [-0.4, -0.2) is 16.7 Å². The Kier molecular flexibility index (Phi) is 4.31. The molecule has 0 bridgehead atoms. The topological polar surface area (TPSA) is 46.2 Å². The number of amides is 1. The molecule has 0 unspecified atom stereocenters. The number of hydrogen-bond acceptors (Lipinski definition) is 2. The van der Waals surface area contributed by atoms with Gasteiger partial charge in [-0.15, -0.1) is 0 Å². The molecule has 0 saturated heterocycles. The lowest BCUT2D eigenvalue weighted by Crippen LogP contribution is -2.17. The third-order valence-electron chi connectivity index (χ3n) is 2.82. The normalized spacial score (nSPS) is 10.0. The van der Waals surface area contributed by atoms with E-state index in [1.807, 2.05) is 24.3 Å². The number of rotatable bonds is 3. The molecule has 0 aromatic heterocycles. The van der Waals surface area contributed by atoms with E-state index in [1.54, 1.807) is 53.9 Å².